The van der Waals surface area contributed by atoms with Gasteiger partial charge in [-0.1, -0.05) is 13.0 Å². The second-order valence-electron chi connectivity index (χ2n) is 7.75. The molecule has 0 radical (unpaired) electrons. The molecule has 2 aliphatic rings. The average Bonchev–Trinajstić information content (AvgIpc) is 2.60. The Labute approximate surface area is 154 Å². The summed E-state index contributed by atoms with van der Waals surface area (Å²) in [5.41, 5.74) is 1.93. The quantitative estimate of drug-likeness (QED) is 0.860. The normalized spacial score (nSPS) is 28.1. The van der Waals surface area contributed by atoms with E-state index in [0.717, 1.165) is 31.4 Å². The number of hydrogen-bond acceptors (Lipinski definition) is 4. The summed E-state index contributed by atoms with van der Waals surface area (Å²) in [6.45, 7) is 3.12. The Balaban J connectivity index is 2.02. The van der Waals surface area contributed by atoms with Gasteiger partial charge in [-0.05, 0) is 56.1 Å². The molecule has 2 unspecified atom stereocenters. The van der Waals surface area contributed by atoms with Crippen LogP contribution in [0.5, 0.6) is 5.75 Å². The highest BCUT2D eigenvalue weighted by atomic mass is 16.4. The van der Waals surface area contributed by atoms with E-state index in [1.54, 1.807) is 6.07 Å². The number of nitrogens with zero attached hydrogens (tertiary/aromatic N) is 2. The molecule has 1 fully saturated rings. The summed E-state index contributed by atoms with van der Waals surface area (Å²) in [4.78, 5) is 27.9. The van der Waals surface area contributed by atoms with Crippen molar-refractivity contribution in [2.45, 2.75) is 56.5 Å². The van der Waals surface area contributed by atoms with Gasteiger partial charge in [0.15, 0.2) is 0 Å². The van der Waals surface area contributed by atoms with Crippen molar-refractivity contribution in [3.8, 4) is 5.75 Å². The SMILES string of the molecule is C[C@@H]1c2cc(O)ccc2CC2N(C)CCCC21N(C)C(=O)CCC(=O)O. The van der Waals surface area contributed by atoms with Crippen molar-refractivity contribution in [2.75, 3.05) is 20.6 Å². The summed E-state index contributed by atoms with van der Waals surface area (Å²) in [6.07, 6.45) is 2.57. The zero-order chi connectivity index (χ0) is 19.1. The highest BCUT2D eigenvalue weighted by molar-refractivity contribution is 5.81. The van der Waals surface area contributed by atoms with Crippen LogP contribution in [0.3, 0.4) is 0 Å². The van der Waals surface area contributed by atoms with Gasteiger partial charge in [0.1, 0.15) is 5.75 Å². The summed E-state index contributed by atoms with van der Waals surface area (Å²) < 4.78 is 0. The summed E-state index contributed by atoms with van der Waals surface area (Å²) in [6, 6.07) is 5.72. The van der Waals surface area contributed by atoms with Gasteiger partial charge in [-0.3, -0.25) is 9.59 Å². The van der Waals surface area contributed by atoms with Crippen LogP contribution in [-0.4, -0.2) is 64.1 Å². The van der Waals surface area contributed by atoms with E-state index in [1.165, 1.54) is 5.56 Å². The number of aromatic hydroxyl groups is 1. The Bertz CT molecular complexity index is 720. The Morgan fingerprint density at radius 2 is 2.08 bits per heavy atom. The lowest BCUT2D eigenvalue weighted by Gasteiger charge is -2.59. The minimum absolute atomic E-state index is 0.0175. The molecule has 2 N–H and O–H groups in total. The van der Waals surface area contributed by atoms with Crippen LogP contribution in [0, 0.1) is 0 Å². The fourth-order valence-corrected chi connectivity index (χ4v) is 5.10. The minimum atomic E-state index is -0.950. The Morgan fingerprint density at radius 3 is 2.77 bits per heavy atom. The van der Waals surface area contributed by atoms with Gasteiger partial charge in [0, 0.05) is 25.4 Å². The van der Waals surface area contributed by atoms with Crippen molar-refractivity contribution in [2.24, 2.45) is 0 Å². The Hall–Kier alpha value is -2.08. The monoisotopic (exact) mass is 360 g/mol. The number of carbonyl (C=O) groups excluding carboxylic acids is 1. The van der Waals surface area contributed by atoms with Crippen LogP contribution >= 0.6 is 0 Å². The number of phenolic OH excluding ortho intramolecular Hbond substituents is 1. The smallest absolute Gasteiger partial charge is 0.303 e. The summed E-state index contributed by atoms with van der Waals surface area (Å²) in [5.74, 6) is -0.769. The van der Waals surface area contributed by atoms with E-state index in [0.29, 0.717) is 0 Å². The lowest BCUT2D eigenvalue weighted by molar-refractivity contribution is -0.147. The van der Waals surface area contributed by atoms with Gasteiger partial charge in [0.05, 0.1) is 12.0 Å². The largest absolute Gasteiger partial charge is 0.508 e. The predicted octanol–water partition coefficient (Wildman–Crippen LogP) is 2.21. The van der Waals surface area contributed by atoms with Crippen molar-refractivity contribution < 1.29 is 19.8 Å². The van der Waals surface area contributed by atoms with E-state index < -0.39 is 5.97 Å². The molecule has 0 spiro atoms. The van der Waals surface area contributed by atoms with Gasteiger partial charge in [-0.15, -0.1) is 0 Å². The first-order chi connectivity index (χ1) is 12.3. The molecule has 1 aliphatic heterocycles. The highest BCUT2D eigenvalue weighted by Crippen LogP contribution is 2.49. The number of amides is 1. The lowest BCUT2D eigenvalue weighted by Crippen LogP contribution is -2.69. The summed E-state index contributed by atoms with van der Waals surface area (Å²) in [7, 11) is 3.92. The maximum absolute atomic E-state index is 12.8. The van der Waals surface area contributed by atoms with Crippen LogP contribution < -0.4 is 0 Å². The molecule has 0 saturated carbocycles. The molecule has 1 heterocycles. The standard InChI is InChI=1S/C20H28N2O4/c1-13-16-12-15(23)6-5-14(16)11-17-20(13,9-4-10-21(17)2)22(3)18(24)7-8-19(25)26/h5-6,12-13,17,23H,4,7-11H2,1-3H3,(H,25,26)/t13-,17?,20?/m1/s1. The van der Waals surface area contributed by atoms with E-state index in [2.05, 4.69) is 18.9 Å². The van der Waals surface area contributed by atoms with Gasteiger partial charge in [-0.25, -0.2) is 0 Å². The van der Waals surface area contributed by atoms with Crippen LogP contribution in [0.2, 0.25) is 0 Å². The second-order valence-corrected chi connectivity index (χ2v) is 7.75. The molecule has 1 aromatic rings. The van der Waals surface area contributed by atoms with E-state index in [-0.39, 0.29) is 42.0 Å². The number of hydrogen-bond donors (Lipinski definition) is 2. The lowest BCUT2D eigenvalue weighted by atomic mass is 9.62. The highest BCUT2D eigenvalue weighted by Gasteiger charge is 2.54. The van der Waals surface area contributed by atoms with E-state index >= 15 is 0 Å². The van der Waals surface area contributed by atoms with Gasteiger partial charge in [-0.2, -0.15) is 0 Å². The van der Waals surface area contributed by atoms with E-state index in [4.69, 9.17) is 5.11 Å². The molecular weight excluding hydrogens is 332 g/mol. The molecular formula is C20H28N2O4. The maximum atomic E-state index is 12.8. The van der Waals surface area contributed by atoms with Gasteiger partial charge in [0.25, 0.3) is 0 Å². The molecule has 0 aromatic heterocycles. The molecule has 6 heteroatoms. The van der Waals surface area contributed by atoms with Crippen molar-refractivity contribution in [3.63, 3.8) is 0 Å². The van der Waals surface area contributed by atoms with E-state index in [9.17, 15) is 14.7 Å². The molecule has 142 valence electrons. The van der Waals surface area contributed by atoms with Crippen molar-refractivity contribution >= 4 is 11.9 Å². The van der Waals surface area contributed by atoms with Gasteiger partial charge in [0.2, 0.25) is 5.91 Å². The first-order valence-corrected chi connectivity index (χ1v) is 9.28. The number of piperidine rings is 1. The minimum Gasteiger partial charge on any atom is -0.508 e. The molecule has 1 amide bonds. The third-order valence-corrected chi connectivity index (χ3v) is 6.51. The van der Waals surface area contributed by atoms with Gasteiger partial charge < -0.3 is 20.0 Å². The number of likely N-dealkylation sites (N-methyl/N-ethyl adjacent to an activating group) is 2. The molecule has 1 saturated heterocycles. The van der Waals surface area contributed by atoms with Crippen LogP contribution in [0.1, 0.15) is 49.7 Å². The topological polar surface area (TPSA) is 81.1 Å². The number of aliphatic carboxylic acids is 1. The number of carboxylic acid groups (broad SMARTS) is 1. The molecule has 3 rings (SSSR count). The Morgan fingerprint density at radius 1 is 1.35 bits per heavy atom. The van der Waals surface area contributed by atoms with Crippen molar-refractivity contribution in [1.29, 1.82) is 0 Å². The Kier molecular flexibility index (Phi) is 4.97. The summed E-state index contributed by atoms with van der Waals surface area (Å²) >= 11 is 0. The molecule has 3 atom stereocenters. The molecule has 1 aromatic carbocycles. The second kappa shape index (κ2) is 6.91. The first kappa shape index (κ1) is 18.7. The zero-order valence-corrected chi connectivity index (χ0v) is 15.7. The molecule has 1 aliphatic carbocycles. The van der Waals surface area contributed by atoms with E-state index in [1.807, 2.05) is 24.1 Å². The average molecular weight is 360 g/mol. The molecule has 6 nitrogen and oxygen atoms in total. The van der Waals surface area contributed by atoms with Crippen LogP contribution in [0.25, 0.3) is 0 Å². The number of carbonyl (C=O) groups is 2. The predicted molar refractivity (Wildman–Crippen MR) is 98.2 cm³/mol. The third-order valence-electron chi connectivity index (χ3n) is 6.51. The number of rotatable bonds is 4. The first-order valence-electron chi connectivity index (χ1n) is 9.28. The fraction of sp³-hybridized carbons (Fsp3) is 0.600. The molecule has 26 heavy (non-hydrogen) atoms. The van der Waals surface area contributed by atoms with Crippen LogP contribution in [0.15, 0.2) is 18.2 Å². The van der Waals surface area contributed by atoms with Crippen LogP contribution in [-0.2, 0) is 16.0 Å². The zero-order valence-electron chi connectivity index (χ0n) is 15.7. The van der Waals surface area contributed by atoms with Crippen molar-refractivity contribution in [1.82, 2.24) is 9.80 Å². The molecule has 0 bridgehead atoms. The number of benzene rings is 1. The van der Waals surface area contributed by atoms with Crippen molar-refractivity contribution in [3.05, 3.63) is 29.3 Å². The summed E-state index contributed by atoms with van der Waals surface area (Å²) in [5, 5.41) is 18.9. The number of carboxylic acids is 1. The number of likely N-dealkylation sites (tertiary alicyclic amines) is 1. The van der Waals surface area contributed by atoms with Gasteiger partial charge >= 0.3 is 5.97 Å². The fourth-order valence-electron chi connectivity index (χ4n) is 5.10. The third kappa shape index (κ3) is 2.96. The number of phenols is 1. The number of fused-ring (bicyclic) bond motifs is 2. The maximum Gasteiger partial charge on any atom is 0.303 e. The van der Waals surface area contributed by atoms with Crippen LogP contribution in [0.4, 0.5) is 0 Å².